The van der Waals surface area contributed by atoms with Crippen molar-refractivity contribution in [3.63, 3.8) is 0 Å². The van der Waals surface area contributed by atoms with Crippen molar-refractivity contribution in [1.29, 1.82) is 0 Å². The van der Waals surface area contributed by atoms with Gasteiger partial charge in [0.25, 0.3) is 0 Å². The minimum atomic E-state index is -4.74. The van der Waals surface area contributed by atoms with Crippen LogP contribution in [0.25, 0.3) is 0 Å². The van der Waals surface area contributed by atoms with E-state index in [0.29, 0.717) is 3.57 Å². The van der Waals surface area contributed by atoms with Crippen LogP contribution in [0, 0.1) is 3.57 Å². The Balaban J connectivity index is 2.96. The number of carbonyl (C=O) groups excluding carboxylic acids is 1. The van der Waals surface area contributed by atoms with E-state index in [4.69, 9.17) is 11.6 Å². The zero-order chi connectivity index (χ0) is 12.3. The number of rotatable bonds is 3. The first-order valence-electron chi connectivity index (χ1n) is 3.98. The molecule has 0 saturated carbocycles. The Morgan fingerprint density at radius 2 is 2.06 bits per heavy atom. The SMILES string of the molecule is O=C(CCl)c1ccc(OC(F)(F)F)cc1I. The van der Waals surface area contributed by atoms with Gasteiger partial charge in [-0.1, -0.05) is 0 Å². The van der Waals surface area contributed by atoms with Crippen LogP contribution in [0.1, 0.15) is 10.4 Å². The fourth-order valence-electron chi connectivity index (χ4n) is 0.991. The second-order valence-corrected chi connectivity index (χ2v) is 4.18. The maximum atomic E-state index is 11.9. The summed E-state index contributed by atoms with van der Waals surface area (Å²) in [5.74, 6) is -0.914. The second kappa shape index (κ2) is 5.22. The number of halogens is 5. The molecule has 0 aliphatic heterocycles. The van der Waals surface area contributed by atoms with E-state index in [0.717, 1.165) is 12.1 Å². The summed E-state index contributed by atoms with van der Waals surface area (Å²) in [6.45, 7) is 0. The molecule has 0 atom stereocenters. The van der Waals surface area contributed by atoms with Crippen LogP contribution in [0.15, 0.2) is 18.2 Å². The predicted molar refractivity (Wildman–Crippen MR) is 60.9 cm³/mol. The predicted octanol–water partition coefficient (Wildman–Crippen LogP) is 3.61. The van der Waals surface area contributed by atoms with Gasteiger partial charge in [0.15, 0.2) is 5.78 Å². The molecule has 0 heterocycles. The normalized spacial score (nSPS) is 11.3. The molecule has 0 amide bonds. The van der Waals surface area contributed by atoms with Crippen LogP contribution >= 0.6 is 34.2 Å². The van der Waals surface area contributed by atoms with Crippen LogP contribution < -0.4 is 4.74 Å². The highest BCUT2D eigenvalue weighted by atomic mass is 127. The Kier molecular flexibility index (Phi) is 4.43. The number of hydrogen-bond donors (Lipinski definition) is 0. The van der Waals surface area contributed by atoms with E-state index in [1.807, 2.05) is 0 Å². The minimum Gasteiger partial charge on any atom is -0.406 e. The van der Waals surface area contributed by atoms with Crippen molar-refractivity contribution in [3.05, 3.63) is 27.3 Å². The molecule has 0 N–H and O–H groups in total. The first-order chi connectivity index (χ1) is 7.33. The third kappa shape index (κ3) is 3.82. The number of hydrogen-bond acceptors (Lipinski definition) is 2. The largest absolute Gasteiger partial charge is 0.573 e. The monoisotopic (exact) mass is 364 g/mol. The standard InChI is InChI=1S/C9H5ClF3IO2/c10-4-8(15)6-2-1-5(3-7(6)14)16-9(11,12)13/h1-3H,4H2. The quantitative estimate of drug-likeness (QED) is 0.465. The molecule has 1 aromatic rings. The number of carbonyl (C=O) groups is 1. The van der Waals surface area contributed by atoms with Gasteiger partial charge in [-0.3, -0.25) is 4.79 Å². The first kappa shape index (κ1) is 13.6. The molecule has 0 bridgehead atoms. The molecule has 0 aliphatic rings. The summed E-state index contributed by atoms with van der Waals surface area (Å²) < 4.78 is 39.7. The van der Waals surface area contributed by atoms with Gasteiger partial charge in [0.2, 0.25) is 0 Å². The van der Waals surface area contributed by atoms with Crippen molar-refractivity contribution in [2.24, 2.45) is 0 Å². The number of ketones is 1. The van der Waals surface area contributed by atoms with Crippen molar-refractivity contribution in [1.82, 2.24) is 0 Å². The zero-order valence-corrected chi connectivity index (χ0v) is 10.6. The van der Waals surface area contributed by atoms with Gasteiger partial charge in [-0.15, -0.1) is 24.8 Å². The van der Waals surface area contributed by atoms with E-state index in [-0.39, 0.29) is 23.0 Å². The average molecular weight is 364 g/mol. The molecule has 2 nitrogen and oxygen atoms in total. The number of ether oxygens (including phenoxy) is 1. The Hall–Kier alpha value is -0.500. The first-order valence-corrected chi connectivity index (χ1v) is 5.59. The summed E-state index contributed by atoms with van der Waals surface area (Å²) in [5, 5.41) is 0. The fraction of sp³-hybridized carbons (Fsp3) is 0.222. The van der Waals surface area contributed by atoms with Gasteiger partial charge in [-0.05, 0) is 40.8 Å². The van der Waals surface area contributed by atoms with E-state index >= 15 is 0 Å². The third-order valence-electron chi connectivity index (χ3n) is 1.60. The van der Waals surface area contributed by atoms with Gasteiger partial charge < -0.3 is 4.74 Å². The minimum absolute atomic E-state index is 0.213. The maximum absolute atomic E-state index is 11.9. The lowest BCUT2D eigenvalue weighted by Crippen LogP contribution is -2.17. The molecule has 0 spiro atoms. The smallest absolute Gasteiger partial charge is 0.406 e. The summed E-state index contributed by atoms with van der Waals surface area (Å²) in [7, 11) is 0. The Morgan fingerprint density at radius 3 is 2.50 bits per heavy atom. The Bertz CT molecular complexity index is 406. The molecule has 1 aromatic carbocycles. The molecule has 0 fully saturated rings. The molecule has 7 heteroatoms. The van der Waals surface area contributed by atoms with Crippen molar-refractivity contribution in [2.75, 3.05) is 5.88 Å². The van der Waals surface area contributed by atoms with Crippen molar-refractivity contribution in [3.8, 4) is 5.75 Å². The summed E-state index contributed by atoms with van der Waals surface area (Å²) in [6, 6.07) is 3.47. The van der Waals surface area contributed by atoms with E-state index < -0.39 is 6.36 Å². The molecule has 88 valence electrons. The van der Waals surface area contributed by atoms with Crippen LogP contribution in [-0.2, 0) is 0 Å². The topological polar surface area (TPSA) is 26.3 Å². The van der Waals surface area contributed by atoms with E-state index in [1.54, 1.807) is 22.6 Å². The van der Waals surface area contributed by atoms with E-state index in [1.165, 1.54) is 6.07 Å². The molecule has 0 saturated heterocycles. The lowest BCUT2D eigenvalue weighted by molar-refractivity contribution is -0.274. The van der Waals surface area contributed by atoms with Gasteiger partial charge in [-0.2, -0.15) is 0 Å². The fourth-order valence-corrected chi connectivity index (χ4v) is 1.92. The highest BCUT2D eigenvalue weighted by molar-refractivity contribution is 14.1. The number of Topliss-reactive ketones (excluding diaryl/α,β-unsaturated/α-hetero) is 1. The highest BCUT2D eigenvalue weighted by Gasteiger charge is 2.31. The molecule has 0 aromatic heterocycles. The van der Waals surface area contributed by atoms with Crippen molar-refractivity contribution < 1.29 is 22.7 Å². The highest BCUT2D eigenvalue weighted by Crippen LogP contribution is 2.26. The molecule has 0 unspecified atom stereocenters. The Morgan fingerprint density at radius 1 is 1.44 bits per heavy atom. The Labute approximate surface area is 108 Å². The van der Waals surface area contributed by atoms with Gasteiger partial charge >= 0.3 is 6.36 Å². The number of alkyl halides is 4. The summed E-state index contributed by atoms with van der Waals surface area (Å²) in [5.41, 5.74) is 0.283. The summed E-state index contributed by atoms with van der Waals surface area (Å²) in [4.78, 5) is 11.2. The molecular weight excluding hydrogens is 359 g/mol. The molecule has 16 heavy (non-hydrogen) atoms. The lowest BCUT2D eigenvalue weighted by atomic mass is 10.1. The zero-order valence-electron chi connectivity index (χ0n) is 7.65. The van der Waals surface area contributed by atoms with Crippen LogP contribution in [-0.4, -0.2) is 18.0 Å². The van der Waals surface area contributed by atoms with Gasteiger partial charge in [-0.25, -0.2) is 0 Å². The van der Waals surface area contributed by atoms with Crippen LogP contribution in [0.2, 0.25) is 0 Å². The molecule has 0 radical (unpaired) electrons. The van der Waals surface area contributed by atoms with E-state index in [2.05, 4.69) is 4.74 Å². The summed E-state index contributed by atoms with van der Waals surface area (Å²) >= 11 is 7.09. The second-order valence-electron chi connectivity index (χ2n) is 2.75. The van der Waals surface area contributed by atoms with Gasteiger partial charge in [0, 0.05) is 9.13 Å². The average Bonchev–Trinajstić information content (AvgIpc) is 2.14. The lowest BCUT2D eigenvalue weighted by Gasteiger charge is -2.10. The van der Waals surface area contributed by atoms with Crippen molar-refractivity contribution in [2.45, 2.75) is 6.36 Å². The van der Waals surface area contributed by atoms with Gasteiger partial charge in [0.05, 0.1) is 5.88 Å². The molecular formula is C9H5ClF3IO2. The van der Waals surface area contributed by atoms with E-state index in [9.17, 15) is 18.0 Å². The van der Waals surface area contributed by atoms with Crippen LogP contribution in [0.5, 0.6) is 5.75 Å². The summed E-state index contributed by atoms with van der Waals surface area (Å²) in [6.07, 6.45) is -4.74. The van der Waals surface area contributed by atoms with Crippen LogP contribution in [0.3, 0.4) is 0 Å². The van der Waals surface area contributed by atoms with Crippen LogP contribution in [0.4, 0.5) is 13.2 Å². The third-order valence-corrected chi connectivity index (χ3v) is 2.73. The maximum Gasteiger partial charge on any atom is 0.573 e. The number of benzene rings is 1. The van der Waals surface area contributed by atoms with Gasteiger partial charge in [0.1, 0.15) is 5.75 Å². The molecule has 0 aliphatic carbocycles. The molecule has 1 rings (SSSR count). The van der Waals surface area contributed by atoms with Crippen molar-refractivity contribution >= 4 is 40.0 Å².